The lowest BCUT2D eigenvalue weighted by Crippen LogP contribution is -2.54. The van der Waals surface area contributed by atoms with Crippen LogP contribution in [-0.4, -0.2) is 46.1 Å². The molecule has 0 saturated carbocycles. The molecule has 1 rings (SSSR count). The first-order valence-corrected chi connectivity index (χ1v) is 11.8. The van der Waals surface area contributed by atoms with E-state index in [-0.39, 0.29) is 11.7 Å². The summed E-state index contributed by atoms with van der Waals surface area (Å²) in [6.07, 6.45) is 8.34. The SMILES string of the molecule is C#CN(C(=O)C(NC(=O)OC(C)(C)C)C(C)CC)C(C(=O)NCCCCC)c1ccc(O)cc1. The van der Waals surface area contributed by atoms with E-state index >= 15 is 0 Å². The lowest BCUT2D eigenvalue weighted by atomic mass is 9.96. The number of hydrogen-bond donors (Lipinski definition) is 3. The van der Waals surface area contributed by atoms with Gasteiger partial charge < -0.3 is 20.5 Å². The van der Waals surface area contributed by atoms with Crippen LogP contribution in [0.4, 0.5) is 4.79 Å². The van der Waals surface area contributed by atoms with Crippen LogP contribution in [0.5, 0.6) is 5.75 Å². The van der Waals surface area contributed by atoms with Gasteiger partial charge in [0.25, 0.3) is 5.91 Å². The molecule has 3 N–H and O–H groups in total. The van der Waals surface area contributed by atoms with Gasteiger partial charge in [0.15, 0.2) is 0 Å². The number of amides is 3. The maximum atomic E-state index is 13.6. The minimum Gasteiger partial charge on any atom is -0.508 e. The second-order valence-electron chi connectivity index (χ2n) is 9.34. The monoisotopic (exact) mass is 473 g/mol. The molecule has 3 atom stereocenters. The molecule has 0 bridgehead atoms. The maximum Gasteiger partial charge on any atom is 0.408 e. The smallest absolute Gasteiger partial charge is 0.408 e. The topological polar surface area (TPSA) is 108 Å². The number of hydrogen-bond acceptors (Lipinski definition) is 5. The summed E-state index contributed by atoms with van der Waals surface area (Å²) in [4.78, 5) is 40.3. The van der Waals surface area contributed by atoms with E-state index in [0.717, 1.165) is 24.2 Å². The van der Waals surface area contributed by atoms with Crippen molar-refractivity contribution in [3.05, 3.63) is 29.8 Å². The van der Waals surface area contributed by atoms with Crippen molar-refractivity contribution in [2.45, 2.75) is 84.9 Å². The van der Waals surface area contributed by atoms with Gasteiger partial charge in [0.05, 0.1) is 0 Å². The second kappa shape index (κ2) is 13.5. The summed E-state index contributed by atoms with van der Waals surface area (Å²) >= 11 is 0. The summed E-state index contributed by atoms with van der Waals surface area (Å²) in [5, 5.41) is 15.2. The van der Waals surface area contributed by atoms with Gasteiger partial charge in [-0.25, -0.2) is 4.79 Å². The Bertz CT molecular complexity index is 855. The highest BCUT2D eigenvalue weighted by molar-refractivity contribution is 5.93. The molecule has 3 amide bonds. The number of benzene rings is 1. The van der Waals surface area contributed by atoms with Crippen LogP contribution in [0.2, 0.25) is 0 Å². The largest absolute Gasteiger partial charge is 0.508 e. The number of alkyl carbamates (subject to hydrolysis) is 1. The Morgan fingerprint density at radius 2 is 1.76 bits per heavy atom. The van der Waals surface area contributed by atoms with Crippen molar-refractivity contribution in [3.63, 3.8) is 0 Å². The third-order valence-electron chi connectivity index (χ3n) is 5.32. The minimum absolute atomic E-state index is 0.0218. The number of phenols is 1. The number of carbonyl (C=O) groups excluding carboxylic acids is 3. The normalized spacial score (nSPS) is 13.7. The number of ether oxygens (including phenoxy) is 1. The van der Waals surface area contributed by atoms with Gasteiger partial charge in [0.1, 0.15) is 23.4 Å². The molecular weight excluding hydrogens is 434 g/mol. The predicted octanol–water partition coefficient (Wildman–Crippen LogP) is 4.10. The molecule has 34 heavy (non-hydrogen) atoms. The highest BCUT2D eigenvalue weighted by Crippen LogP contribution is 2.25. The molecule has 1 aromatic rings. The Morgan fingerprint density at radius 3 is 2.26 bits per heavy atom. The number of aromatic hydroxyl groups is 1. The lowest BCUT2D eigenvalue weighted by Gasteiger charge is -2.32. The number of phenolic OH excluding ortho intramolecular Hbond substituents is 1. The fourth-order valence-electron chi connectivity index (χ4n) is 3.29. The molecule has 0 spiro atoms. The zero-order valence-electron chi connectivity index (χ0n) is 21.2. The molecule has 3 unspecified atom stereocenters. The molecule has 0 fully saturated rings. The van der Waals surface area contributed by atoms with Crippen LogP contribution < -0.4 is 10.6 Å². The average molecular weight is 474 g/mol. The van der Waals surface area contributed by atoms with Crippen molar-refractivity contribution in [2.75, 3.05) is 6.54 Å². The van der Waals surface area contributed by atoms with E-state index in [4.69, 9.17) is 11.2 Å². The van der Waals surface area contributed by atoms with Crippen molar-refractivity contribution < 1.29 is 24.2 Å². The third-order valence-corrected chi connectivity index (χ3v) is 5.32. The van der Waals surface area contributed by atoms with Crippen LogP contribution in [0.1, 0.15) is 78.8 Å². The van der Waals surface area contributed by atoms with E-state index in [0.29, 0.717) is 18.5 Å². The Balaban J connectivity index is 3.30. The van der Waals surface area contributed by atoms with E-state index in [2.05, 4.69) is 23.6 Å². The number of terminal acetylenes is 1. The summed E-state index contributed by atoms with van der Waals surface area (Å²) in [6, 6.07) is 6.16. The van der Waals surface area contributed by atoms with Crippen molar-refractivity contribution in [1.82, 2.24) is 15.5 Å². The van der Waals surface area contributed by atoms with Crippen molar-refractivity contribution >= 4 is 17.9 Å². The quantitative estimate of drug-likeness (QED) is 0.255. The number of carbonyl (C=O) groups is 3. The summed E-state index contributed by atoms with van der Waals surface area (Å²) in [7, 11) is 0. The molecule has 8 nitrogen and oxygen atoms in total. The summed E-state index contributed by atoms with van der Waals surface area (Å²) < 4.78 is 5.33. The fourth-order valence-corrected chi connectivity index (χ4v) is 3.29. The van der Waals surface area contributed by atoms with Crippen LogP contribution in [0.3, 0.4) is 0 Å². The summed E-state index contributed by atoms with van der Waals surface area (Å²) in [5.74, 6) is -1.28. The van der Waals surface area contributed by atoms with Gasteiger partial charge in [0.2, 0.25) is 5.91 Å². The number of rotatable bonds is 11. The Morgan fingerprint density at radius 1 is 1.15 bits per heavy atom. The predicted molar refractivity (Wildman–Crippen MR) is 132 cm³/mol. The first-order valence-electron chi connectivity index (χ1n) is 11.8. The molecular formula is C26H39N3O5. The van der Waals surface area contributed by atoms with Crippen LogP contribution in [0.25, 0.3) is 0 Å². The second-order valence-corrected chi connectivity index (χ2v) is 9.34. The van der Waals surface area contributed by atoms with E-state index in [1.165, 1.54) is 12.1 Å². The first-order chi connectivity index (χ1) is 15.9. The summed E-state index contributed by atoms with van der Waals surface area (Å²) in [6.45, 7) is 11.4. The minimum atomic E-state index is -1.13. The van der Waals surface area contributed by atoms with E-state index in [1.54, 1.807) is 32.9 Å². The maximum absolute atomic E-state index is 13.6. The molecule has 0 radical (unpaired) electrons. The van der Waals surface area contributed by atoms with Crippen LogP contribution >= 0.6 is 0 Å². The van der Waals surface area contributed by atoms with E-state index in [9.17, 15) is 19.5 Å². The Hall–Kier alpha value is -3.21. The average Bonchev–Trinajstić information content (AvgIpc) is 2.77. The highest BCUT2D eigenvalue weighted by atomic mass is 16.6. The highest BCUT2D eigenvalue weighted by Gasteiger charge is 2.37. The van der Waals surface area contributed by atoms with Gasteiger partial charge in [-0.15, -0.1) is 0 Å². The van der Waals surface area contributed by atoms with Crippen molar-refractivity contribution in [1.29, 1.82) is 0 Å². The Labute approximate surface area is 203 Å². The van der Waals surface area contributed by atoms with E-state index < -0.39 is 35.6 Å². The summed E-state index contributed by atoms with van der Waals surface area (Å²) in [5.41, 5.74) is -0.302. The Kier molecular flexibility index (Phi) is 11.4. The zero-order chi connectivity index (χ0) is 25.9. The fraction of sp³-hybridized carbons (Fsp3) is 0.577. The molecule has 0 aliphatic heterocycles. The van der Waals surface area contributed by atoms with E-state index in [1.807, 2.05) is 13.8 Å². The van der Waals surface area contributed by atoms with Gasteiger partial charge in [-0.1, -0.05) is 58.6 Å². The van der Waals surface area contributed by atoms with Gasteiger partial charge in [-0.05, 0) is 50.8 Å². The van der Waals surface area contributed by atoms with Crippen molar-refractivity contribution in [2.24, 2.45) is 5.92 Å². The first kappa shape index (κ1) is 28.8. The molecule has 188 valence electrons. The molecule has 1 aromatic carbocycles. The van der Waals surface area contributed by atoms with Gasteiger partial charge in [-0.3, -0.25) is 14.5 Å². The lowest BCUT2D eigenvalue weighted by molar-refractivity contribution is -0.139. The molecule has 8 heteroatoms. The number of unbranched alkanes of at least 4 members (excludes halogenated alkanes) is 2. The van der Waals surface area contributed by atoms with Crippen LogP contribution in [0.15, 0.2) is 24.3 Å². The van der Waals surface area contributed by atoms with Crippen molar-refractivity contribution in [3.8, 4) is 18.2 Å². The molecule has 0 heterocycles. The standard InChI is InChI=1S/C26H39N3O5/c1-8-11-12-17-27-23(31)22(19-13-15-20(30)16-14-19)29(10-3)24(32)21(18(4)9-2)28-25(33)34-26(5,6)7/h3,13-16,18,21-22,30H,8-9,11-12,17H2,1-2,4-7H3,(H,27,31)(H,28,33). The third kappa shape index (κ3) is 8.97. The molecule has 0 saturated heterocycles. The van der Waals surface area contributed by atoms with Gasteiger partial charge in [-0.2, -0.15) is 0 Å². The molecule has 0 aromatic heterocycles. The van der Waals surface area contributed by atoms with Gasteiger partial charge in [0, 0.05) is 12.6 Å². The zero-order valence-corrected chi connectivity index (χ0v) is 21.2. The number of nitrogens with zero attached hydrogens (tertiary/aromatic N) is 1. The van der Waals surface area contributed by atoms with Crippen LogP contribution in [0, 0.1) is 18.4 Å². The van der Waals surface area contributed by atoms with Crippen LogP contribution in [-0.2, 0) is 14.3 Å². The number of nitrogens with one attached hydrogen (secondary N) is 2. The molecule has 0 aliphatic rings. The molecule has 0 aliphatic carbocycles. The van der Waals surface area contributed by atoms with Gasteiger partial charge >= 0.3 is 6.09 Å².